The van der Waals surface area contributed by atoms with Crippen LogP contribution in [0.5, 0.6) is 5.75 Å². The Balaban J connectivity index is 1.99. The number of benzene rings is 1. The van der Waals surface area contributed by atoms with Crippen LogP contribution >= 0.6 is 0 Å². The zero-order chi connectivity index (χ0) is 30.6. The van der Waals surface area contributed by atoms with Gasteiger partial charge in [-0.1, -0.05) is 52.4 Å². The van der Waals surface area contributed by atoms with Crippen molar-refractivity contribution in [2.24, 2.45) is 0 Å². The molecule has 1 heterocycles. The first-order valence-corrected chi connectivity index (χ1v) is 13.6. The van der Waals surface area contributed by atoms with Crippen LogP contribution in [0.4, 0.5) is 35.1 Å². The van der Waals surface area contributed by atoms with Crippen molar-refractivity contribution < 1.29 is 49.3 Å². The quantitative estimate of drug-likeness (QED) is 0.112. The van der Waals surface area contributed by atoms with E-state index in [1.807, 2.05) is 0 Å². The Labute approximate surface area is 234 Å². The van der Waals surface area contributed by atoms with Gasteiger partial charge in [0.15, 0.2) is 5.82 Å². The first-order valence-electron chi connectivity index (χ1n) is 13.6. The third-order valence-corrected chi connectivity index (χ3v) is 6.16. The van der Waals surface area contributed by atoms with E-state index >= 15 is 0 Å². The topological polar surface area (TPSA) is 53.5 Å². The molecule has 0 N–H and O–H groups in total. The molecule has 0 atom stereocenters. The molecule has 13 heteroatoms. The summed E-state index contributed by atoms with van der Waals surface area (Å²) >= 11 is 0. The molecule has 1 aromatic heterocycles. The zero-order valence-electron chi connectivity index (χ0n) is 23.1. The molecular weight excluding hydrogens is 564 g/mol. The second-order valence-electron chi connectivity index (χ2n) is 9.56. The van der Waals surface area contributed by atoms with E-state index in [9.17, 15) is 35.1 Å². The number of aromatic nitrogens is 2. The summed E-state index contributed by atoms with van der Waals surface area (Å²) in [5.41, 5.74) is 1.20. The van der Waals surface area contributed by atoms with E-state index in [-0.39, 0.29) is 12.4 Å². The summed E-state index contributed by atoms with van der Waals surface area (Å²) in [5.74, 6) is -14.1. The maximum absolute atomic E-state index is 14.2. The summed E-state index contributed by atoms with van der Waals surface area (Å²) in [6.45, 7) is 2.20. The fourth-order valence-corrected chi connectivity index (χ4v) is 3.66. The fourth-order valence-electron chi connectivity index (χ4n) is 3.66. The minimum Gasteiger partial charge on any atom is -0.428 e. The molecular formula is C28H36F8N2O3. The van der Waals surface area contributed by atoms with E-state index in [0.29, 0.717) is 18.4 Å². The molecule has 0 saturated heterocycles. The maximum atomic E-state index is 14.2. The molecule has 2 aromatic rings. The molecule has 0 aliphatic rings. The third kappa shape index (κ3) is 9.49. The first kappa shape index (κ1) is 34.7. The molecule has 0 saturated carbocycles. The van der Waals surface area contributed by atoms with Crippen LogP contribution < -0.4 is 4.74 Å². The van der Waals surface area contributed by atoms with Gasteiger partial charge >= 0.3 is 24.1 Å². The van der Waals surface area contributed by atoms with Crippen molar-refractivity contribution in [3.8, 4) is 17.1 Å². The Kier molecular flexibility index (Phi) is 13.2. The van der Waals surface area contributed by atoms with Crippen molar-refractivity contribution >= 4 is 0 Å². The highest BCUT2D eigenvalue weighted by Gasteiger charge is 2.83. The highest BCUT2D eigenvalue weighted by atomic mass is 19.4. The van der Waals surface area contributed by atoms with Crippen LogP contribution in [-0.4, -0.2) is 53.9 Å². The average Bonchev–Trinajstić information content (AvgIpc) is 2.93. The van der Waals surface area contributed by atoms with E-state index in [2.05, 4.69) is 26.4 Å². The fraction of sp³-hybridized carbons (Fsp3) is 0.643. The normalized spacial score (nSPS) is 13.0. The van der Waals surface area contributed by atoms with Crippen molar-refractivity contribution in [3.63, 3.8) is 0 Å². The number of nitrogens with zero attached hydrogens (tertiary/aromatic N) is 2. The van der Waals surface area contributed by atoms with Crippen molar-refractivity contribution in [1.82, 2.24) is 9.97 Å². The van der Waals surface area contributed by atoms with Crippen LogP contribution in [-0.2, 0) is 15.9 Å². The zero-order valence-corrected chi connectivity index (χ0v) is 23.1. The lowest BCUT2D eigenvalue weighted by molar-refractivity contribution is -0.451. The van der Waals surface area contributed by atoms with Gasteiger partial charge < -0.3 is 14.2 Å². The van der Waals surface area contributed by atoms with Gasteiger partial charge in [0.2, 0.25) is 0 Å². The smallest absolute Gasteiger partial charge is 0.428 e. The molecule has 0 aliphatic carbocycles. The lowest BCUT2D eigenvalue weighted by atomic mass is 10.1. The number of ether oxygens (including phenoxy) is 3. The molecule has 0 aliphatic heterocycles. The van der Waals surface area contributed by atoms with E-state index in [0.717, 1.165) is 61.9 Å². The van der Waals surface area contributed by atoms with Crippen molar-refractivity contribution in [2.75, 3.05) is 19.8 Å². The molecule has 0 spiro atoms. The van der Waals surface area contributed by atoms with Gasteiger partial charge in [-0.05, 0) is 49.1 Å². The van der Waals surface area contributed by atoms with Gasteiger partial charge in [0.25, 0.3) is 0 Å². The van der Waals surface area contributed by atoms with E-state index in [1.54, 1.807) is 19.3 Å². The van der Waals surface area contributed by atoms with Crippen LogP contribution in [0.25, 0.3) is 11.4 Å². The Bertz CT molecular complexity index is 1020. The Morgan fingerprint density at radius 3 is 1.80 bits per heavy atom. The predicted molar refractivity (Wildman–Crippen MR) is 137 cm³/mol. The number of halogens is 8. The van der Waals surface area contributed by atoms with Gasteiger partial charge in [0.1, 0.15) is 5.75 Å². The lowest BCUT2D eigenvalue weighted by Crippen LogP contribution is -2.64. The number of hydrogen-bond acceptors (Lipinski definition) is 5. The summed E-state index contributed by atoms with van der Waals surface area (Å²) in [6.07, 6.45) is 0.00601. The molecule has 2 rings (SSSR count). The molecule has 0 unspecified atom stereocenters. The van der Waals surface area contributed by atoms with Crippen LogP contribution in [0.15, 0.2) is 36.7 Å². The standard InChI is InChI=1S/C28H36F8N2O3/c1-3-5-7-8-9-10-11-21-19-37-24(38-20-21)22-12-14-23(15-13-22)41-28(35,36)26(31,32)25(29,30)27(33,34)40-18-17-39-16-6-4-2/h12-15,19-20H,3-11,16-18H2,1-2H3. The van der Waals surface area contributed by atoms with Crippen LogP contribution in [0.1, 0.15) is 70.8 Å². The predicted octanol–water partition coefficient (Wildman–Crippen LogP) is 8.71. The molecule has 0 fully saturated rings. The summed E-state index contributed by atoms with van der Waals surface area (Å²) in [6, 6.07) is 3.85. The van der Waals surface area contributed by atoms with E-state index < -0.39 is 43.0 Å². The van der Waals surface area contributed by atoms with Gasteiger partial charge in [-0.15, -0.1) is 0 Å². The summed E-state index contributed by atoms with van der Waals surface area (Å²) in [5, 5.41) is 0. The molecule has 0 bridgehead atoms. The SMILES string of the molecule is CCCCCCCCc1cnc(-c2ccc(OC(F)(F)C(F)(F)C(F)(F)C(F)(F)OCCOCCCC)cc2)nc1. The van der Waals surface area contributed by atoms with Crippen molar-refractivity contribution in [3.05, 3.63) is 42.2 Å². The largest absolute Gasteiger partial charge is 0.471 e. The van der Waals surface area contributed by atoms with Crippen molar-refractivity contribution in [1.29, 1.82) is 0 Å². The minimum atomic E-state index is -6.65. The summed E-state index contributed by atoms with van der Waals surface area (Å²) in [7, 11) is 0. The number of hydrogen-bond donors (Lipinski definition) is 0. The van der Waals surface area contributed by atoms with Gasteiger partial charge in [-0.2, -0.15) is 35.1 Å². The molecule has 1 aromatic carbocycles. The van der Waals surface area contributed by atoms with Crippen LogP contribution in [0.2, 0.25) is 0 Å². The van der Waals surface area contributed by atoms with Crippen molar-refractivity contribution in [2.45, 2.75) is 95.7 Å². The lowest BCUT2D eigenvalue weighted by Gasteiger charge is -2.35. The van der Waals surface area contributed by atoms with Gasteiger partial charge in [0, 0.05) is 24.6 Å². The summed E-state index contributed by atoms with van der Waals surface area (Å²) in [4.78, 5) is 8.40. The van der Waals surface area contributed by atoms with Gasteiger partial charge in [0.05, 0.1) is 13.2 Å². The third-order valence-electron chi connectivity index (χ3n) is 6.16. The number of unbranched alkanes of at least 4 members (excludes halogenated alkanes) is 6. The van der Waals surface area contributed by atoms with E-state index in [4.69, 9.17) is 4.74 Å². The second kappa shape index (κ2) is 15.6. The molecule has 5 nitrogen and oxygen atoms in total. The van der Waals surface area contributed by atoms with Crippen LogP contribution in [0, 0.1) is 0 Å². The second-order valence-corrected chi connectivity index (χ2v) is 9.56. The van der Waals surface area contributed by atoms with E-state index in [1.165, 1.54) is 12.8 Å². The highest BCUT2D eigenvalue weighted by molar-refractivity contribution is 5.56. The molecule has 232 valence electrons. The minimum absolute atomic E-state index is 0.0966. The van der Waals surface area contributed by atoms with Gasteiger partial charge in [-0.3, -0.25) is 0 Å². The number of aryl methyl sites for hydroxylation is 1. The maximum Gasteiger partial charge on any atom is 0.471 e. The molecule has 0 radical (unpaired) electrons. The Morgan fingerprint density at radius 1 is 0.634 bits per heavy atom. The number of rotatable bonds is 20. The monoisotopic (exact) mass is 600 g/mol. The number of alkyl halides is 8. The molecule has 0 amide bonds. The average molecular weight is 601 g/mol. The van der Waals surface area contributed by atoms with Crippen LogP contribution in [0.3, 0.4) is 0 Å². The highest BCUT2D eigenvalue weighted by Crippen LogP contribution is 2.53. The summed E-state index contributed by atoms with van der Waals surface area (Å²) < 4.78 is 125. The Hall–Kier alpha value is -2.54. The van der Waals surface area contributed by atoms with Gasteiger partial charge in [-0.25, -0.2) is 9.97 Å². The Morgan fingerprint density at radius 2 is 1.20 bits per heavy atom. The molecule has 41 heavy (non-hydrogen) atoms. The first-order chi connectivity index (χ1) is 19.3.